The molecule has 9 heteroatoms. The van der Waals surface area contributed by atoms with E-state index in [9.17, 15) is 22.8 Å². The summed E-state index contributed by atoms with van der Waals surface area (Å²) in [6, 6.07) is 6.00. The fourth-order valence-corrected chi connectivity index (χ4v) is 3.41. The first-order valence-corrected chi connectivity index (χ1v) is 8.46. The third kappa shape index (κ3) is 4.29. The van der Waals surface area contributed by atoms with Crippen molar-refractivity contribution in [2.75, 3.05) is 0 Å². The van der Waals surface area contributed by atoms with E-state index in [1.807, 2.05) is 0 Å². The molecule has 2 N–H and O–H groups in total. The van der Waals surface area contributed by atoms with Crippen molar-refractivity contribution in [1.29, 1.82) is 0 Å². The maximum Gasteiger partial charge on any atom is 0.416 e. The maximum absolute atomic E-state index is 12.8. The first-order chi connectivity index (χ1) is 12.7. The zero-order valence-corrected chi connectivity index (χ0v) is 14.3. The Labute approximate surface area is 153 Å². The predicted molar refractivity (Wildman–Crippen MR) is 89.5 cm³/mol. The minimum Gasteiger partial charge on any atom is -0.481 e. The van der Waals surface area contributed by atoms with Gasteiger partial charge in [-0.1, -0.05) is 18.9 Å². The van der Waals surface area contributed by atoms with Crippen LogP contribution in [0.3, 0.4) is 0 Å². The highest BCUT2D eigenvalue weighted by Crippen LogP contribution is 2.33. The van der Waals surface area contributed by atoms with Gasteiger partial charge in [0.25, 0.3) is 5.91 Å². The van der Waals surface area contributed by atoms with Crippen molar-refractivity contribution in [3.05, 3.63) is 47.8 Å². The summed E-state index contributed by atoms with van der Waals surface area (Å²) in [5.41, 5.74) is -1.43. The number of alkyl halides is 3. The summed E-state index contributed by atoms with van der Waals surface area (Å²) in [5, 5.41) is 15.9. The Bertz CT molecular complexity index is 855. The van der Waals surface area contributed by atoms with Gasteiger partial charge in [0.05, 0.1) is 23.2 Å². The van der Waals surface area contributed by atoms with Crippen molar-refractivity contribution in [2.45, 2.75) is 43.8 Å². The van der Waals surface area contributed by atoms with Gasteiger partial charge in [-0.25, -0.2) is 4.68 Å². The molecule has 1 aromatic heterocycles. The number of aromatic nitrogens is 2. The molecule has 1 heterocycles. The zero-order valence-electron chi connectivity index (χ0n) is 14.3. The quantitative estimate of drug-likeness (QED) is 0.831. The van der Waals surface area contributed by atoms with Crippen molar-refractivity contribution in [2.24, 2.45) is 0 Å². The Balaban J connectivity index is 1.79. The maximum atomic E-state index is 12.8. The van der Waals surface area contributed by atoms with Gasteiger partial charge >= 0.3 is 12.1 Å². The van der Waals surface area contributed by atoms with Crippen LogP contribution in [0.4, 0.5) is 13.2 Å². The van der Waals surface area contributed by atoms with Crippen LogP contribution in [-0.4, -0.2) is 32.3 Å². The molecule has 6 nitrogen and oxygen atoms in total. The van der Waals surface area contributed by atoms with Crippen molar-refractivity contribution in [1.82, 2.24) is 15.1 Å². The van der Waals surface area contributed by atoms with Gasteiger partial charge in [-0.15, -0.1) is 0 Å². The number of carboxylic acid groups (broad SMARTS) is 1. The third-order valence-corrected chi connectivity index (χ3v) is 4.69. The van der Waals surface area contributed by atoms with Crippen LogP contribution in [0, 0.1) is 0 Å². The number of carbonyl (C=O) groups excluding carboxylic acids is 1. The van der Waals surface area contributed by atoms with Crippen LogP contribution in [0.1, 0.15) is 48.2 Å². The number of hydrogen-bond acceptors (Lipinski definition) is 3. The van der Waals surface area contributed by atoms with Gasteiger partial charge in [0.1, 0.15) is 0 Å². The molecule has 2 aromatic rings. The molecule has 1 fully saturated rings. The summed E-state index contributed by atoms with van der Waals surface area (Å²) in [5.74, 6) is -1.53. The summed E-state index contributed by atoms with van der Waals surface area (Å²) in [6.45, 7) is 0. The van der Waals surface area contributed by atoms with Gasteiger partial charge in [0, 0.05) is 6.20 Å². The van der Waals surface area contributed by atoms with E-state index >= 15 is 0 Å². The second kappa shape index (κ2) is 7.05. The summed E-state index contributed by atoms with van der Waals surface area (Å²) < 4.78 is 39.7. The van der Waals surface area contributed by atoms with Gasteiger partial charge < -0.3 is 10.4 Å². The minimum atomic E-state index is -4.48. The highest BCUT2D eigenvalue weighted by Gasteiger charge is 2.38. The number of nitrogens with one attached hydrogen (secondary N) is 1. The van der Waals surface area contributed by atoms with Gasteiger partial charge in [0.2, 0.25) is 0 Å². The zero-order chi connectivity index (χ0) is 19.7. The number of carbonyl (C=O) groups is 2. The molecule has 0 spiro atoms. The van der Waals surface area contributed by atoms with Crippen LogP contribution in [0.15, 0.2) is 36.5 Å². The van der Waals surface area contributed by atoms with E-state index < -0.39 is 29.2 Å². The first-order valence-electron chi connectivity index (χ1n) is 8.46. The average Bonchev–Trinajstić information content (AvgIpc) is 3.23. The number of hydrogen-bond donors (Lipinski definition) is 2. The normalized spacial score (nSPS) is 16.3. The molecule has 1 saturated carbocycles. The fourth-order valence-electron chi connectivity index (χ4n) is 3.41. The molecule has 1 aliphatic rings. The standard InChI is InChI=1S/C18H18F3N3O3/c19-18(20,21)12-4-3-5-13(10-12)24-9-6-14(23-24)16(27)22-17(11-15(25)26)7-1-2-8-17/h3-6,9-10H,1-2,7-8,11H2,(H,22,27)(H,25,26). The van der Waals surface area contributed by atoms with E-state index in [1.165, 1.54) is 29.1 Å². The molecular weight excluding hydrogens is 363 g/mol. The lowest BCUT2D eigenvalue weighted by molar-refractivity contribution is -0.139. The van der Waals surface area contributed by atoms with E-state index in [2.05, 4.69) is 10.4 Å². The second-order valence-corrected chi connectivity index (χ2v) is 6.71. The molecule has 1 amide bonds. The molecule has 1 aliphatic carbocycles. The number of nitrogens with zero attached hydrogens (tertiary/aromatic N) is 2. The van der Waals surface area contributed by atoms with Crippen LogP contribution >= 0.6 is 0 Å². The molecule has 0 atom stereocenters. The third-order valence-electron chi connectivity index (χ3n) is 4.69. The fraction of sp³-hybridized carbons (Fsp3) is 0.389. The van der Waals surface area contributed by atoms with Gasteiger partial charge in [-0.2, -0.15) is 18.3 Å². The molecule has 144 valence electrons. The highest BCUT2D eigenvalue weighted by atomic mass is 19.4. The topological polar surface area (TPSA) is 84.2 Å². The largest absolute Gasteiger partial charge is 0.481 e. The lowest BCUT2D eigenvalue weighted by atomic mass is 9.93. The predicted octanol–water partition coefficient (Wildman–Crippen LogP) is 3.41. The number of carboxylic acids is 1. The molecule has 0 saturated heterocycles. The smallest absolute Gasteiger partial charge is 0.416 e. The average molecular weight is 381 g/mol. The molecule has 1 aromatic carbocycles. The molecular formula is C18H18F3N3O3. The Morgan fingerprint density at radius 3 is 2.56 bits per heavy atom. The van der Waals surface area contributed by atoms with Gasteiger partial charge in [-0.05, 0) is 37.1 Å². The molecule has 27 heavy (non-hydrogen) atoms. The summed E-state index contributed by atoms with van der Waals surface area (Å²) in [7, 11) is 0. The number of rotatable bonds is 5. The van der Waals surface area contributed by atoms with E-state index in [-0.39, 0.29) is 17.8 Å². The van der Waals surface area contributed by atoms with E-state index in [1.54, 1.807) is 0 Å². The SMILES string of the molecule is O=C(O)CC1(NC(=O)c2ccn(-c3cccc(C(F)(F)F)c3)n2)CCCC1. The van der Waals surface area contributed by atoms with Crippen molar-refractivity contribution < 1.29 is 27.9 Å². The van der Waals surface area contributed by atoms with Crippen LogP contribution < -0.4 is 5.32 Å². The Kier molecular flexibility index (Phi) is 4.95. The second-order valence-electron chi connectivity index (χ2n) is 6.71. The van der Waals surface area contributed by atoms with Gasteiger partial charge in [-0.3, -0.25) is 9.59 Å². The summed E-state index contributed by atoms with van der Waals surface area (Å²) >= 11 is 0. The minimum absolute atomic E-state index is 0.0177. The lowest BCUT2D eigenvalue weighted by Crippen LogP contribution is -2.48. The van der Waals surface area contributed by atoms with E-state index in [4.69, 9.17) is 5.11 Å². The van der Waals surface area contributed by atoms with Crippen LogP contribution in [0.2, 0.25) is 0 Å². The van der Waals surface area contributed by atoms with Crippen LogP contribution in [0.5, 0.6) is 0 Å². The van der Waals surface area contributed by atoms with Crippen molar-refractivity contribution >= 4 is 11.9 Å². The van der Waals surface area contributed by atoms with Crippen LogP contribution in [0.25, 0.3) is 5.69 Å². The monoisotopic (exact) mass is 381 g/mol. The first kappa shape index (κ1) is 18.9. The number of halogens is 3. The van der Waals surface area contributed by atoms with E-state index in [0.29, 0.717) is 12.8 Å². The van der Waals surface area contributed by atoms with E-state index in [0.717, 1.165) is 25.0 Å². The molecule has 0 bridgehead atoms. The molecule has 0 radical (unpaired) electrons. The Morgan fingerprint density at radius 2 is 1.93 bits per heavy atom. The van der Waals surface area contributed by atoms with Gasteiger partial charge in [0.15, 0.2) is 5.69 Å². The number of amides is 1. The summed E-state index contributed by atoms with van der Waals surface area (Å²) in [6.07, 6.45) is -0.470. The number of aliphatic carboxylic acids is 1. The molecule has 0 unspecified atom stereocenters. The Hall–Kier alpha value is -2.84. The Morgan fingerprint density at radius 1 is 1.22 bits per heavy atom. The highest BCUT2D eigenvalue weighted by molar-refractivity contribution is 5.93. The van der Waals surface area contributed by atoms with Crippen LogP contribution in [-0.2, 0) is 11.0 Å². The van der Waals surface area contributed by atoms with Crippen molar-refractivity contribution in [3.8, 4) is 5.69 Å². The van der Waals surface area contributed by atoms with Crippen molar-refractivity contribution in [3.63, 3.8) is 0 Å². The molecule has 0 aliphatic heterocycles. The lowest BCUT2D eigenvalue weighted by Gasteiger charge is -2.28. The number of benzene rings is 1. The molecule has 3 rings (SSSR count). The summed E-state index contributed by atoms with van der Waals surface area (Å²) in [4.78, 5) is 23.6.